The molecule has 0 aliphatic carbocycles. The molecule has 1 saturated heterocycles. The Kier molecular flexibility index (Phi) is 6.57. The number of morpholine rings is 1. The summed E-state index contributed by atoms with van der Waals surface area (Å²) in [5.74, 6) is -0.00619. The molecule has 0 unspecified atom stereocenters. The highest BCUT2D eigenvalue weighted by molar-refractivity contribution is 5.96. The van der Waals surface area contributed by atoms with E-state index in [1.165, 1.54) is 10.7 Å². The largest absolute Gasteiger partial charge is 0.379 e. The summed E-state index contributed by atoms with van der Waals surface area (Å²) in [6.07, 6.45) is 0. The minimum absolute atomic E-state index is 0.0569. The molecule has 0 radical (unpaired) electrons. The molecular formula is C23H27FN6O2. The first-order chi connectivity index (χ1) is 15.4. The van der Waals surface area contributed by atoms with Crippen LogP contribution < -0.4 is 5.32 Å². The van der Waals surface area contributed by atoms with Crippen LogP contribution in [0.15, 0.2) is 36.4 Å². The quantitative estimate of drug-likeness (QED) is 0.637. The summed E-state index contributed by atoms with van der Waals surface area (Å²) in [5, 5.41) is 14.7. The van der Waals surface area contributed by atoms with Crippen molar-refractivity contribution < 1.29 is 13.9 Å². The Hall–Kier alpha value is -3.17. The number of hydrogen-bond acceptors (Lipinski definition) is 6. The molecule has 168 valence electrons. The first-order valence-electron chi connectivity index (χ1n) is 10.7. The lowest BCUT2D eigenvalue weighted by molar-refractivity contribution is 0.0342. The maximum absolute atomic E-state index is 14.7. The van der Waals surface area contributed by atoms with Crippen molar-refractivity contribution in [2.75, 3.05) is 32.8 Å². The van der Waals surface area contributed by atoms with Gasteiger partial charge in [-0.2, -0.15) is 4.68 Å². The van der Waals surface area contributed by atoms with Crippen LogP contribution in [0.5, 0.6) is 0 Å². The third-order valence-corrected chi connectivity index (χ3v) is 5.50. The Morgan fingerprint density at radius 2 is 1.97 bits per heavy atom. The molecule has 1 N–H and O–H groups in total. The summed E-state index contributed by atoms with van der Waals surface area (Å²) < 4.78 is 21.6. The molecule has 3 aromatic rings. The normalized spacial score (nSPS) is 15.5. The molecule has 1 amide bonds. The van der Waals surface area contributed by atoms with E-state index in [0.29, 0.717) is 41.4 Å². The number of rotatable bonds is 6. The van der Waals surface area contributed by atoms with Crippen molar-refractivity contribution in [3.05, 3.63) is 59.2 Å². The number of carbonyl (C=O) groups excluding carboxylic acids is 1. The Morgan fingerprint density at radius 1 is 1.19 bits per heavy atom. The summed E-state index contributed by atoms with van der Waals surface area (Å²) >= 11 is 0. The third kappa shape index (κ3) is 5.00. The van der Waals surface area contributed by atoms with Gasteiger partial charge in [0.05, 0.1) is 18.9 Å². The van der Waals surface area contributed by atoms with Crippen LogP contribution in [-0.2, 0) is 4.74 Å². The first kappa shape index (κ1) is 22.0. The number of aryl methyl sites for hydroxylation is 2. The second kappa shape index (κ2) is 9.54. The Balaban J connectivity index is 1.64. The fourth-order valence-corrected chi connectivity index (χ4v) is 3.87. The zero-order valence-corrected chi connectivity index (χ0v) is 18.5. The Bertz CT molecular complexity index is 1110. The van der Waals surface area contributed by atoms with Gasteiger partial charge in [-0.3, -0.25) is 9.69 Å². The minimum Gasteiger partial charge on any atom is -0.379 e. The monoisotopic (exact) mass is 438 g/mol. The molecule has 8 nitrogen and oxygen atoms in total. The number of tetrazole rings is 1. The predicted octanol–water partition coefficient (Wildman–Crippen LogP) is 2.54. The SMILES string of the molecule is Cc1ccc(-c2cc(C(=O)N[C@H](C)CN3CCOCC3)cc(-n3nnnc3C)c2)c(F)c1. The number of ether oxygens (including phenoxy) is 1. The molecule has 1 aliphatic heterocycles. The maximum atomic E-state index is 14.7. The van der Waals surface area contributed by atoms with Crippen LogP contribution in [0, 0.1) is 19.7 Å². The van der Waals surface area contributed by atoms with Crippen molar-refractivity contribution in [2.45, 2.75) is 26.8 Å². The van der Waals surface area contributed by atoms with Crippen molar-refractivity contribution >= 4 is 5.91 Å². The van der Waals surface area contributed by atoms with Crippen LogP contribution in [0.25, 0.3) is 16.8 Å². The molecule has 0 spiro atoms. The average molecular weight is 439 g/mol. The van der Waals surface area contributed by atoms with Gasteiger partial charge in [0, 0.05) is 36.8 Å². The van der Waals surface area contributed by atoms with Crippen LogP contribution >= 0.6 is 0 Å². The van der Waals surface area contributed by atoms with E-state index in [4.69, 9.17) is 4.74 Å². The fourth-order valence-electron chi connectivity index (χ4n) is 3.87. The number of nitrogens with zero attached hydrogens (tertiary/aromatic N) is 5. The van der Waals surface area contributed by atoms with Gasteiger partial charge in [-0.25, -0.2) is 4.39 Å². The molecule has 0 bridgehead atoms. The second-order valence-corrected chi connectivity index (χ2v) is 8.18. The number of amides is 1. The maximum Gasteiger partial charge on any atom is 0.251 e. The molecule has 32 heavy (non-hydrogen) atoms. The van der Waals surface area contributed by atoms with E-state index in [9.17, 15) is 9.18 Å². The van der Waals surface area contributed by atoms with E-state index in [-0.39, 0.29) is 17.8 Å². The van der Waals surface area contributed by atoms with E-state index < -0.39 is 0 Å². The van der Waals surface area contributed by atoms with Crippen LogP contribution in [0.1, 0.15) is 28.7 Å². The first-order valence-corrected chi connectivity index (χ1v) is 10.7. The van der Waals surface area contributed by atoms with Crippen LogP contribution in [0.2, 0.25) is 0 Å². The number of benzene rings is 2. The number of nitrogens with one attached hydrogen (secondary N) is 1. The van der Waals surface area contributed by atoms with Crippen molar-refractivity contribution in [2.24, 2.45) is 0 Å². The van der Waals surface area contributed by atoms with Crippen molar-refractivity contribution in [3.8, 4) is 16.8 Å². The summed E-state index contributed by atoms with van der Waals surface area (Å²) in [6.45, 7) is 9.44. The van der Waals surface area contributed by atoms with E-state index in [2.05, 4.69) is 25.7 Å². The molecular weight excluding hydrogens is 411 g/mol. The molecule has 1 aliphatic rings. The van der Waals surface area contributed by atoms with Crippen LogP contribution in [-0.4, -0.2) is 69.9 Å². The van der Waals surface area contributed by atoms with E-state index in [0.717, 1.165) is 25.2 Å². The van der Waals surface area contributed by atoms with Gasteiger partial charge in [0.1, 0.15) is 5.82 Å². The summed E-state index contributed by atoms with van der Waals surface area (Å²) in [7, 11) is 0. The predicted molar refractivity (Wildman–Crippen MR) is 118 cm³/mol. The summed E-state index contributed by atoms with van der Waals surface area (Å²) in [4.78, 5) is 15.4. The van der Waals surface area contributed by atoms with Gasteiger partial charge in [-0.1, -0.05) is 12.1 Å². The lowest BCUT2D eigenvalue weighted by Gasteiger charge is -2.29. The summed E-state index contributed by atoms with van der Waals surface area (Å²) in [6, 6.07) is 10.2. The molecule has 2 heterocycles. The lowest BCUT2D eigenvalue weighted by atomic mass is 9.99. The number of aromatic nitrogens is 4. The van der Waals surface area contributed by atoms with E-state index >= 15 is 0 Å². The molecule has 0 saturated carbocycles. The van der Waals surface area contributed by atoms with Gasteiger partial charge in [-0.15, -0.1) is 5.10 Å². The highest BCUT2D eigenvalue weighted by Crippen LogP contribution is 2.27. The Morgan fingerprint density at radius 3 is 2.66 bits per heavy atom. The van der Waals surface area contributed by atoms with Crippen molar-refractivity contribution in [3.63, 3.8) is 0 Å². The number of hydrogen-bond donors (Lipinski definition) is 1. The molecule has 1 fully saturated rings. The van der Waals surface area contributed by atoms with Crippen molar-refractivity contribution in [1.82, 2.24) is 30.4 Å². The van der Waals surface area contributed by atoms with Crippen molar-refractivity contribution in [1.29, 1.82) is 0 Å². The fraction of sp³-hybridized carbons (Fsp3) is 0.391. The molecule has 2 aromatic carbocycles. The van der Waals surface area contributed by atoms with Gasteiger partial charge in [0.2, 0.25) is 0 Å². The zero-order valence-electron chi connectivity index (χ0n) is 18.5. The minimum atomic E-state index is -0.345. The van der Waals surface area contributed by atoms with Gasteiger partial charge >= 0.3 is 0 Å². The van der Waals surface area contributed by atoms with Gasteiger partial charge in [0.25, 0.3) is 5.91 Å². The smallest absolute Gasteiger partial charge is 0.251 e. The van der Waals surface area contributed by atoms with Crippen LogP contribution in [0.4, 0.5) is 4.39 Å². The van der Waals surface area contributed by atoms with Gasteiger partial charge in [0.15, 0.2) is 5.82 Å². The second-order valence-electron chi connectivity index (χ2n) is 8.18. The topological polar surface area (TPSA) is 85.2 Å². The highest BCUT2D eigenvalue weighted by atomic mass is 19.1. The molecule has 9 heteroatoms. The zero-order chi connectivity index (χ0) is 22.7. The number of halogens is 1. The third-order valence-electron chi connectivity index (χ3n) is 5.50. The molecule has 1 aromatic heterocycles. The molecule has 1 atom stereocenters. The summed E-state index contributed by atoms with van der Waals surface area (Å²) in [5.41, 5.74) is 2.84. The molecule has 4 rings (SSSR count). The highest BCUT2D eigenvalue weighted by Gasteiger charge is 2.18. The van der Waals surface area contributed by atoms with E-state index in [1.54, 1.807) is 31.2 Å². The van der Waals surface area contributed by atoms with E-state index in [1.807, 2.05) is 19.9 Å². The van der Waals surface area contributed by atoms with Gasteiger partial charge in [-0.05, 0) is 66.6 Å². The average Bonchev–Trinajstić information content (AvgIpc) is 3.20. The lowest BCUT2D eigenvalue weighted by Crippen LogP contribution is -2.46. The van der Waals surface area contributed by atoms with Gasteiger partial charge < -0.3 is 10.1 Å². The van der Waals surface area contributed by atoms with Crippen LogP contribution in [0.3, 0.4) is 0 Å². The Labute approximate surface area is 186 Å². The standard InChI is InChI=1S/C23H27FN6O2/c1-15-4-5-21(22(24)10-15)18-11-19(13-20(12-18)30-17(3)26-27-28-30)23(31)25-16(2)14-29-6-8-32-9-7-29/h4-5,10-13,16H,6-9,14H2,1-3H3,(H,25,31)/t16-/m1/s1. The number of carbonyl (C=O) groups is 1.